The van der Waals surface area contributed by atoms with Crippen molar-refractivity contribution >= 4 is 0 Å². The second-order valence-electron chi connectivity index (χ2n) is 28.6. The van der Waals surface area contributed by atoms with E-state index in [0.717, 1.165) is 109 Å². The summed E-state index contributed by atoms with van der Waals surface area (Å²) in [6.45, 7) is 22.5. The van der Waals surface area contributed by atoms with Gasteiger partial charge >= 0.3 is 0 Å². The number of ether oxygens (including phenoxy) is 2. The van der Waals surface area contributed by atoms with Gasteiger partial charge < -0.3 is 9.47 Å². The van der Waals surface area contributed by atoms with Crippen LogP contribution in [-0.2, 0) is 9.47 Å². The van der Waals surface area contributed by atoms with Gasteiger partial charge in [-0.3, -0.25) is 9.80 Å². The summed E-state index contributed by atoms with van der Waals surface area (Å²) in [6.07, 6.45) is 46.6. The Kier molecular flexibility index (Phi) is 17.5. The molecule has 0 aliphatic heterocycles. The molecule has 0 amide bonds. The normalized spacial score (nSPS) is 42.8. The zero-order chi connectivity index (χ0) is 46.0. The number of fused-ring (bicyclic) bond motifs is 2. The van der Waals surface area contributed by atoms with E-state index in [1.54, 1.807) is 0 Å². The molecule has 8 unspecified atom stereocenters. The van der Waals surface area contributed by atoms with E-state index in [2.05, 4.69) is 65.2 Å². The molecule has 8 atom stereocenters. The van der Waals surface area contributed by atoms with Gasteiger partial charge in [-0.15, -0.1) is 0 Å². The topological polar surface area (TPSA) is 24.9 Å². The smallest absolute Gasteiger partial charge is 0.0578 e. The van der Waals surface area contributed by atoms with Crippen molar-refractivity contribution in [3.63, 3.8) is 0 Å². The third-order valence-corrected chi connectivity index (χ3v) is 22.3. The van der Waals surface area contributed by atoms with Crippen LogP contribution >= 0.6 is 0 Å². The van der Waals surface area contributed by atoms with Gasteiger partial charge in [0.1, 0.15) is 0 Å². The van der Waals surface area contributed by atoms with E-state index in [1.807, 2.05) is 0 Å². The zero-order valence-corrected chi connectivity index (χ0v) is 45.1. The highest BCUT2D eigenvalue weighted by Crippen LogP contribution is 2.58. The summed E-state index contributed by atoms with van der Waals surface area (Å²) < 4.78 is 14.7. The van der Waals surface area contributed by atoms with Crippen molar-refractivity contribution in [2.75, 3.05) is 13.2 Å². The Morgan fingerprint density at radius 2 is 0.667 bits per heavy atom. The van der Waals surface area contributed by atoms with Crippen LogP contribution in [0, 0.1) is 70.0 Å². The van der Waals surface area contributed by atoms with Crippen LogP contribution in [0.3, 0.4) is 0 Å². The minimum atomic E-state index is 0.430. The molecule has 66 heavy (non-hydrogen) atoms. The molecule has 0 heterocycles. The van der Waals surface area contributed by atoms with Crippen LogP contribution in [0.2, 0.25) is 0 Å². The lowest BCUT2D eigenvalue weighted by Gasteiger charge is -2.65. The fraction of sp³-hybridized carbons (Fsp3) is 1.00. The predicted molar refractivity (Wildman–Crippen MR) is 279 cm³/mol. The second-order valence-corrected chi connectivity index (χ2v) is 28.6. The third-order valence-electron chi connectivity index (χ3n) is 22.3. The second kappa shape index (κ2) is 22.7. The van der Waals surface area contributed by atoms with Crippen LogP contribution < -0.4 is 0 Å². The Labute approximate surface area is 410 Å². The highest BCUT2D eigenvalue weighted by atomic mass is 16.5. The van der Waals surface area contributed by atoms with Gasteiger partial charge in [0.15, 0.2) is 0 Å². The molecule has 4 nitrogen and oxygen atoms in total. The van der Waals surface area contributed by atoms with E-state index in [-0.39, 0.29) is 0 Å². The van der Waals surface area contributed by atoms with Gasteiger partial charge in [0.25, 0.3) is 0 Å². The Balaban J connectivity index is 1.10. The first-order valence-corrected chi connectivity index (χ1v) is 30.6. The van der Waals surface area contributed by atoms with Crippen molar-refractivity contribution in [3.8, 4) is 0 Å². The predicted octanol–water partition coefficient (Wildman–Crippen LogP) is 16.5. The maximum absolute atomic E-state index is 7.33. The van der Waals surface area contributed by atoms with E-state index in [1.165, 1.54) is 205 Å². The third kappa shape index (κ3) is 12.2. The van der Waals surface area contributed by atoms with Crippen LogP contribution in [0.25, 0.3) is 0 Å². The van der Waals surface area contributed by atoms with Gasteiger partial charge in [0.05, 0.1) is 12.2 Å². The SMILES string of the molecule is CC1CCC(N(C2CCC(C(C)(C)C)CC2)C2C3CCC(OCC4CCCCC4)CC3C(N(C3CCC(C)CC3)C3CCC(C(C)(C)C)CC3)C3CCC(OCC4CCCCC4)CC32)CC1. The molecule has 0 aromatic heterocycles. The quantitative estimate of drug-likeness (QED) is 0.195. The first-order valence-electron chi connectivity index (χ1n) is 30.6. The molecule has 9 fully saturated rings. The molecular weight excluding hydrogens is 805 g/mol. The Hall–Kier alpha value is -0.160. The van der Waals surface area contributed by atoms with E-state index in [0.29, 0.717) is 23.0 Å². The minimum Gasteiger partial charge on any atom is -0.378 e. The lowest BCUT2D eigenvalue weighted by atomic mass is 9.52. The summed E-state index contributed by atoms with van der Waals surface area (Å²) in [4.78, 5) is 6.95. The van der Waals surface area contributed by atoms with Crippen molar-refractivity contribution in [1.29, 1.82) is 0 Å². The molecule has 9 aliphatic carbocycles. The summed E-state index contributed by atoms with van der Waals surface area (Å²) in [5, 5.41) is 0. The number of rotatable bonds is 12. The van der Waals surface area contributed by atoms with E-state index in [9.17, 15) is 0 Å². The standard InChI is InChI=1S/C62H110N2O2/c1-43-19-27-49(28-20-43)63(51-31-23-47(24-32-51)61(3,4)5)59-55-37-35-54(66-42-46-17-13-10-14-18-46)40-58(55)60(56-38-36-53(39-57(56)59)65-41-45-15-11-9-12-16-45)64(50-29-21-44(2)22-30-50)52-33-25-48(26-34-52)62(6,7)8/h43-60H,9-42H2,1-8H3. The molecule has 0 N–H and O–H groups in total. The van der Waals surface area contributed by atoms with Gasteiger partial charge in [-0.1, -0.05) is 93.9 Å². The summed E-state index contributed by atoms with van der Waals surface area (Å²) in [7, 11) is 0. The van der Waals surface area contributed by atoms with Crippen molar-refractivity contribution in [1.82, 2.24) is 9.80 Å². The summed E-state index contributed by atoms with van der Waals surface area (Å²) >= 11 is 0. The molecule has 380 valence electrons. The first kappa shape index (κ1) is 50.8. The van der Waals surface area contributed by atoms with E-state index >= 15 is 0 Å². The van der Waals surface area contributed by atoms with E-state index in [4.69, 9.17) is 9.47 Å². The molecule has 0 aromatic carbocycles. The lowest BCUT2D eigenvalue weighted by Crippen LogP contribution is -2.70. The van der Waals surface area contributed by atoms with E-state index < -0.39 is 0 Å². The Bertz CT molecular complexity index is 1310. The average molecular weight is 916 g/mol. The Morgan fingerprint density at radius 3 is 0.985 bits per heavy atom. The molecule has 9 aliphatic rings. The molecule has 0 bridgehead atoms. The first-order chi connectivity index (χ1) is 31.8. The highest BCUT2D eigenvalue weighted by molar-refractivity contribution is 5.12. The van der Waals surface area contributed by atoms with Gasteiger partial charge in [-0.2, -0.15) is 0 Å². The Morgan fingerprint density at radius 1 is 0.348 bits per heavy atom. The van der Waals surface area contributed by atoms with Crippen molar-refractivity contribution in [3.05, 3.63) is 0 Å². The maximum atomic E-state index is 7.33. The highest BCUT2D eigenvalue weighted by Gasteiger charge is 2.60. The number of hydrogen-bond donors (Lipinski definition) is 0. The van der Waals surface area contributed by atoms with Crippen LogP contribution in [0.15, 0.2) is 0 Å². The summed E-state index contributed by atoms with van der Waals surface area (Å²) in [6, 6.07) is 4.59. The zero-order valence-electron chi connectivity index (χ0n) is 45.1. The van der Waals surface area contributed by atoms with Crippen molar-refractivity contribution < 1.29 is 9.47 Å². The van der Waals surface area contributed by atoms with Crippen molar-refractivity contribution in [2.45, 2.75) is 309 Å². The largest absolute Gasteiger partial charge is 0.378 e. The molecule has 4 heteroatoms. The molecular formula is C62H110N2O2. The van der Waals surface area contributed by atoms with Gasteiger partial charge in [-0.25, -0.2) is 0 Å². The minimum absolute atomic E-state index is 0.430. The molecule has 0 radical (unpaired) electrons. The van der Waals surface area contributed by atoms with Gasteiger partial charge in [-0.05, 0) is 237 Å². The van der Waals surface area contributed by atoms with Crippen LogP contribution in [-0.4, -0.2) is 71.5 Å². The molecule has 9 rings (SSSR count). The summed E-state index contributed by atoms with van der Waals surface area (Å²) in [5.74, 6) is 8.34. The van der Waals surface area contributed by atoms with Gasteiger partial charge in [0, 0.05) is 49.5 Å². The molecule has 9 saturated carbocycles. The average Bonchev–Trinajstić information content (AvgIpc) is 3.32. The molecule has 0 spiro atoms. The van der Waals surface area contributed by atoms with Crippen molar-refractivity contribution in [2.24, 2.45) is 70.0 Å². The molecule has 0 saturated heterocycles. The lowest BCUT2D eigenvalue weighted by molar-refractivity contribution is -0.177. The summed E-state index contributed by atoms with van der Waals surface area (Å²) in [5.41, 5.74) is 0.859. The number of nitrogens with zero attached hydrogens (tertiary/aromatic N) is 2. The van der Waals surface area contributed by atoms with Gasteiger partial charge in [0.2, 0.25) is 0 Å². The van der Waals surface area contributed by atoms with Crippen LogP contribution in [0.1, 0.15) is 261 Å². The fourth-order valence-corrected chi connectivity index (χ4v) is 18.2. The number of hydrogen-bond acceptors (Lipinski definition) is 4. The van der Waals surface area contributed by atoms with Crippen LogP contribution in [0.4, 0.5) is 0 Å². The monoisotopic (exact) mass is 915 g/mol. The molecule has 0 aromatic rings. The van der Waals surface area contributed by atoms with Crippen LogP contribution in [0.5, 0.6) is 0 Å². The maximum Gasteiger partial charge on any atom is 0.0578 e. The fourth-order valence-electron chi connectivity index (χ4n) is 18.2.